The molecule has 0 unspecified atom stereocenters. The standard InChI is InChI=1S/2C48H32N2.C42H28N2/c1-3-14-33(15-4-1)35-18-11-19-36(30-35)38-21-13-22-39(32-38)49-45-27-10-8-25-43(45)47-46(49)29-28-42-41-24-7-9-26-44(41)50(48(42)47)40-23-12-20-37(31-40)34-16-5-2-6-17-34;1-3-15-33(16-4-1)34-27-29-36(30-28-34)49-43-24-12-10-22-40(43)41-31-32-46-47(48(41)49)42-23-11-14-26-45(42)50(46)44-25-13-9-21-39(44)38-20-8-7-19-37(38)35-17-5-2-6-18-35;1-3-13-29(14-4-1)30-23-25-32(26-24-30)43-38-21-11-8-18-34(38)35-27-28-40-41(42(35)43)36-19-9-12-22-39(36)44(40)37-20-10-7-17-33(37)31-15-5-2-6-16-31/h2*1-32H;1-28H. The minimum absolute atomic E-state index is 1.15. The first-order chi connectivity index (χ1) is 71.5. The molecule has 6 heteroatoms. The topological polar surface area (TPSA) is 29.6 Å². The third-order valence-corrected chi connectivity index (χ3v) is 29.2. The molecule has 0 N–H and O–H groups in total. The summed E-state index contributed by atoms with van der Waals surface area (Å²) in [6.07, 6.45) is 0. The zero-order valence-electron chi connectivity index (χ0n) is 78.8. The van der Waals surface area contributed by atoms with Gasteiger partial charge in [0.25, 0.3) is 0 Å². The summed E-state index contributed by atoms with van der Waals surface area (Å²) >= 11 is 0. The number of hydrogen-bond donors (Lipinski definition) is 0. The maximum atomic E-state index is 2.47. The minimum atomic E-state index is 1.15. The van der Waals surface area contributed by atoms with E-state index in [4.69, 9.17) is 0 Å². The largest absolute Gasteiger partial charge is 0.309 e. The highest BCUT2D eigenvalue weighted by molar-refractivity contribution is 6.30. The fourth-order valence-electron chi connectivity index (χ4n) is 22.8. The van der Waals surface area contributed by atoms with Gasteiger partial charge in [-0.05, 0) is 199 Å². The highest BCUT2D eigenvalue weighted by Crippen LogP contribution is 2.50. The molecule has 0 atom stereocenters. The lowest BCUT2D eigenvalue weighted by Gasteiger charge is -2.17. The maximum absolute atomic E-state index is 2.47. The van der Waals surface area contributed by atoms with Gasteiger partial charge in [0.15, 0.2) is 0 Å². The van der Waals surface area contributed by atoms with Gasteiger partial charge in [0.1, 0.15) is 0 Å². The molecule has 23 aromatic carbocycles. The highest BCUT2D eigenvalue weighted by atomic mass is 15.0. The van der Waals surface area contributed by atoms with Gasteiger partial charge in [-0.2, -0.15) is 0 Å². The summed E-state index contributed by atoms with van der Waals surface area (Å²) < 4.78 is 14.8. The molecule has 29 aromatic rings. The van der Waals surface area contributed by atoms with Gasteiger partial charge < -0.3 is 27.4 Å². The molecule has 0 radical (unpaired) electrons. The predicted octanol–water partition coefficient (Wildman–Crippen LogP) is 37.0. The van der Waals surface area contributed by atoms with Crippen molar-refractivity contribution < 1.29 is 0 Å². The van der Waals surface area contributed by atoms with Crippen molar-refractivity contribution in [1.29, 1.82) is 0 Å². The predicted molar refractivity (Wildman–Crippen MR) is 609 cm³/mol. The third-order valence-electron chi connectivity index (χ3n) is 29.2. The molecule has 6 aromatic heterocycles. The quantitative estimate of drug-likeness (QED) is 0.104. The van der Waals surface area contributed by atoms with E-state index in [1.54, 1.807) is 0 Å². The van der Waals surface area contributed by atoms with Gasteiger partial charge in [-0.1, -0.05) is 437 Å². The zero-order chi connectivity index (χ0) is 95.1. The first-order valence-electron chi connectivity index (χ1n) is 49.5. The summed E-state index contributed by atoms with van der Waals surface area (Å²) in [6.45, 7) is 0. The van der Waals surface area contributed by atoms with Crippen LogP contribution in [-0.2, 0) is 0 Å². The van der Waals surface area contributed by atoms with Gasteiger partial charge in [-0.3, -0.25) is 0 Å². The van der Waals surface area contributed by atoms with E-state index in [0.29, 0.717) is 0 Å². The van der Waals surface area contributed by atoms with E-state index >= 15 is 0 Å². The van der Waals surface area contributed by atoms with Crippen LogP contribution in [0.5, 0.6) is 0 Å². The van der Waals surface area contributed by atoms with Crippen molar-refractivity contribution in [3.63, 3.8) is 0 Å². The lowest BCUT2D eigenvalue weighted by atomic mass is 9.93. The second-order valence-electron chi connectivity index (χ2n) is 37.2. The lowest BCUT2D eigenvalue weighted by Crippen LogP contribution is -1.98. The normalized spacial score (nSPS) is 11.6. The van der Waals surface area contributed by atoms with Crippen LogP contribution in [0, 0.1) is 0 Å². The van der Waals surface area contributed by atoms with Crippen LogP contribution in [0.4, 0.5) is 0 Å². The molecule has 6 heterocycles. The number of para-hydroxylation sites is 8. The Balaban J connectivity index is 0.000000108. The molecular formula is C138H92N6. The number of rotatable bonds is 14. The zero-order valence-corrected chi connectivity index (χ0v) is 78.8. The van der Waals surface area contributed by atoms with Crippen molar-refractivity contribution >= 4 is 131 Å². The second kappa shape index (κ2) is 35.7. The summed E-state index contributed by atoms with van der Waals surface area (Å²) in [5.74, 6) is 0. The van der Waals surface area contributed by atoms with E-state index in [0.717, 1.165) is 28.4 Å². The molecule has 0 saturated heterocycles. The van der Waals surface area contributed by atoms with E-state index < -0.39 is 0 Å². The van der Waals surface area contributed by atoms with Crippen LogP contribution >= 0.6 is 0 Å². The molecule has 29 rings (SSSR count). The van der Waals surface area contributed by atoms with Gasteiger partial charge >= 0.3 is 0 Å². The number of fused-ring (bicyclic) bond motifs is 21. The maximum Gasteiger partial charge on any atom is 0.0641 e. The van der Waals surface area contributed by atoms with E-state index in [2.05, 4.69) is 586 Å². The SMILES string of the molecule is c1ccc(-c2ccc(-n3c4ccccc4c4ccc5c(c6ccccc6n5-c5ccccc5-c5ccccc5)c43)cc2)cc1.c1ccc(-c2ccc(-n3c4ccccc4c4ccc5c(c6ccccc6n5-c5ccccc5-c5ccccc5-c5ccccc5)c43)cc2)cc1.c1ccc(-c2cccc(-c3cccc(-n4c5ccccc5c5c4ccc4c6ccccc6n(-c6cccc(-c7ccccc7)c6)c45)c3)c2)cc1. The molecule has 0 spiro atoms. The molecule has 144 heavy (non-hydrogen) atoms. The summed E-state index contributed by atoms with van der Waals surface area (Å²) in [4.78, 5) is 0. The average molecular weight is 1830 g/mol. The Morgan fingerprint density at radius 2 is 0.347 bits per heavy atom. The summed E-state index contributed by atoms with van der Waals surface area (Å²) in [5.41, 5.74) is 40.9. The van der Waals surface area contributed by atoms with Crippen LogP contribution in [0.3, 0.4) is 0 Å². The van der Waals surface area contributed by atoms with Gasteiger partial charge in [-0.15, -0.1) is 0 Å². The van der Waals surface area contributed by atoms with Gasteiger partial charge in [-0.25, -0.2) is 0 Å². The average Bonchev–Trinajstić information content (AvgIpc) is 1.54. The van der Waals surface area contributed by atoms with Crippen molar-refractivity contribution in [2.45, 2.75) is 0 Å². The molecule has 6 nitrogen and oxygen atoms in total. The van der Waals surface area contributed by atoms with Crippen molar-refractivity contribution in [1.82, 2.24) is 27.4 Å². The van der Waals surface area contributed by atoms with Gasteiger partial charge in [0, 0.05) is 98.5 Å². The summed E-state index contributed by atoms with van der Waals surface area (Å²) in [6, 6.07) is 202. The monoisotopic (exact) mass is 1830 g/mol. The first kappa shape index (κ1) is 84.2. The number of benzene rings is 23. The molecule has 0 aliphatic heterocycles. The Hall–Kier alpha value is -19.1. The first-order valence-corrected chi connectivity index (χ1v) is 49.5. The van der Waals surface area contributed by atoms with Gasteiger partial charge in [0.2, 0.25) is 0 Å². The molecule has 0 saturated carbocycles. The summed E-state index contributed by atoms with van der Waals surface area (Å²) in [5, 5.41) is 15.1. The van der Waals surface area contributed by atoms with E-state index in [1.165, 1.54) is 226 Å². The van der Waals surface area contributed by atoms with Crippen molar-refractivity contribution in [2.75, 3.05) is 0 Å². The lowest BCUT2D eigenvalue weighted by molar-refractivity contribution is 1.17. The van der Waals surface area contributed by atoms with Crippen LogP contribution in [0.15, 0.2) is 558 Å². The van der Waals surface area contributed by atoms with E-state index in [9.17, 15) is 0 Å². The van der Waals surface area contributed by atoms with Crippen molar-refractivity contribution in [3.05, 3.63) is 558 Å². The van der Waals surface area contributed by atoms with Gasteiger partial charge in [0.05, 0.1) is 77.6 Å². The van der Waals surface area contributed by atoms with Crippen LogP contribution in [0.2, 0.25) is 0 Å². The van der Waals surface area contributed by atoms with Crippen LogP contribution in [0.1, 0.15) is 0 Å². The number of hydrogen-bond acceptors (Lipinski definition) is 0. The fourth-order valence-corrected chi connectivity index (χ4v) is 22.8. The summed E-state index contributed by atoms with van der Waals surface area (Å²) in [7, 11) is 0. The molecule has 0 aliphatic rings. The third kappa shape index (κ3) is 14.3. The van der Waals surface area contributed by atoms with Crippen LogP contribution < -0.4 is 0 Å². The number of nitrogens with zero attached hydrogens (tertiary/aromatic N) is 6. The smallest absolute Gasteiger partial charge is 0.0641 e. The molecule has 0 fully saturated rings. The van der Waals surface area contributed by atoms with Crippen molar-refractivity contribution in [3.8, 4) is 123 Å². The van der Waals surface area contributed by atoms with E-state index in [-0.39, 0.29) is 0 Å². The molecule has 0 bridgehead atoms. The van der Waals surface area contributed by atoms with Crippen LogP contribution in [0.25, 0.3) is 254 Å². The molecule has 0 amide bonds. The molecule has 0 aliphatic carbocycles. The van der Waals surface area contributed by atoms with E-state index in [1.807, 2.05) is 0 Å². The Bertz CT molecular complexity index is 9980. The second-order valence-corrected chi connectivity index (χ2v) is 37.2. The minimum Gasteiger partial charge on any atom is -0.309 e. The number of aromatic nitrogens is 6. The van der Waals surface area contributed by atoms with Crippen LogP contribution in [-0.4, -0.2) is 27.4 Å². The molecule has 674 valence electrons. The Morgan fingerprint density at radius 1 is 0.104 bits per heavy atom. The fraction of sp³-hybridized carbons (Fsp3) is 0. The highest BCUT2D eigenvalue weighted by Gasteiger charge is 2.28. The van der Waals surface area contributed by atoms with Crippen molar-refractivity contribution in [2.24, 2.45) is 0 Å². The Morgan fingerprint density at radius 3 is 0.750 bits per heavy atom. The molecular weight excluding hydrogens is 1740 g/mol. The Labute approximate surface area is 833 Å². The Kier molecular flexibility index (Phi) is 20.9.